The molecule has 1 saturated heterocycles. The number of benzene rings is 2. The van der Waals surface area contributed by atoms with Crippen LogP contribution in [-0.4, -0.2) is 43.8 Å². The third-order valence-corrected chi connectivity index (χ3v) is 5.15. The largest absolute Gasteiger partial charge is 0.494 e. The number of rotatable bonds is 8. The summed E-state index contributed by atoms with van der Waals surface area (Å²) < 4.78 is 10.5. The van der Waals surface area contributed by atoms with Crippen LogP contribution in [-0.2, 0) is 17.7 Å². The van der Waals surface area contributed by atoms with Crippen molar-refractivity contribution in [1.29, 1.82) is 0 Å². The van der Waals surface area contributed by atoms with Crippen LogP contribution >= 0.6 is 0 Å². The minimum absolute atomic E-state index is 0.218. The second-order valence-electron chi connectivity index (χ2n) is 7.27. The van der Waals surface area contributed by atoms with Crippen molar-refractivity contribution >= 4 is 6.09 Å². The van der Waals surface area contributed by atoms with Gasteiger partial charge in [-0.05, 0) is 48.9 Å². The van der Waals surface area contributed by atoms with E-state index in [2.05, 4.69) is 63.5 Å². The lowest BCUT2D eigenvalue weighted by molar-refractivity contribution is 0.150. The molecule has 1 N–H and O–H groups in total. The molecule has 5 heteroatoms. The number of carbonyl (C=O) groups is 1. The Labute approximate surface area is 167 Å². The van der Waals surface area contributed by atoms with Crippen molar-refractivity contribution in [3.05, 3.63) is 65.7 Å². The first-order valence-corrected chi connectivity index (χ1v) is 10.1. The molecule has 0 aromatic heterocycles. The molecule has 0 bridgehead atoms. The molecule has 0 atom stereocenters. The van der Waals surface area contributed by atoms with Crippen LogP contribution in [0.15, 0.2) is 54.6 Å². The Bertz CT molecular complexity index is 710. The average Bonchev–Trinajstić information content (AvgIpc) is 2.74. The fourth-order valence-corrected chi connectivity index (χ4v) is 3.52. The molecule has 1 amide bonds. The number of amides is 1. The maximum atomic E-state index is 11.3. The number of aryl methyl sites for hydroxylation is 1. The van der Waals surface area contributed by atoms with Crippen molar-refractivity contribution in [3.63, 3.8) is 0 Å². The van der Waals surface area contributed by atoms with Gasteiger partial charge in [-0.2, -0.15) is 0 Å². The van der Waals surface area contributed by atoms with E-state index in [4.69, 9.17) is 4.74 Å². The zero-order chi connectivity index (χ0) is 19.6. The number of nitrogens with one attached hydrogen (secondary N) is 1. The monoisotopic (exact) mass is 382 g/mol. The Balaban J connectivity index is 1.35. The van der Waals surface area contributed by atoms with E-state index in [-0.39, 0.29) is 12.1 Å². The molecule has 2 aromatic rings. The Kier molecular flexibility index (Phi) is 7.73. The molecule has 0 unspecified atom stereocenters. The minimum atomic E-state index is -0.335. The topological polar surface area (TPSA) is 50.8 Å². The predicted octanol–water partition coefficient (Wildman–Crippen LogP) is 4.02. The molecule has 28 heavy (non-hydrogen) atoms. The fraction of sp³-hybridized carbons (Fsp3) is 0.435. The highest BCUT2D eigenvalue weighted by Gasteiger charge is 2.20. The third kappa shape index (κ3) is 6.57. The van der Waals surface area contributed by atoms with Gasteiger partial charge in [0.05, 0.1) is 13.7 Å². The van der Waals surface area contributed by atoms with Gasteiger partial charge >= 0.3 is 6.09 Å². The van der Waals surface area contributed by atoms with Crippen LogP contribution in [0.2, 0.25) is 0 Å². The zero-order valence-electron chi connectivity index (χ0n) is 16.6. The number of piperidine rings is 1. The third-order valence-electron chi connectivity index (χ3n) is 5.15. The molecule has 1 aliphatic heterocycles. The van der Waals surface area contributed by atoms with Crippen LogP contribution in [0.1, 0.15) is 30.4 Å². The normalized spacial score (nSPS) is 15.2. The smallest absolute Gasteiger partial charge is 0.407 e. The number of hydrogen-bond acceptors (Lipinski definition) is 4. The Morgan fingerprint density at radius 1 is 1.04 bits per heavy atom. The lowest BCUT2D eigenvalue weighted by Crippen LogP contribution is -2.44. The van der Waals surface area contributed by atoms with E-state index in [0.717, 1.165) is 57.7 Å². The molecule has 0 aliphatic carbocycles. The minimum Gasteiger partial charge on any atom is -0.494 e. The quantitative estimate of drug-likeness (QED) is 0.701. The van der Waals surface area contributed by atoms with E-state index in [9.17, 15) is 4.79 Å². The van der Waals surface area contributed by atoms with Gasteiger partial charge in [-0.1, -0.05) is 42.5 Å². The Morgan fingerprint density at radius 2 is 1.75 bits per heavy atom. The summed E-state index contributed by atoms with van der Waals surface area (Å²) >= 11 is 0. The molecule has 5 nitrogen and oxygen atoms in total. The van der Waals surface area contributed by atoms with Crippen molar-refractivity contribution in [2.24, 2.45) is 0 Å². The second kappa shape index (κ2) is 10.7. The first-order valence-electron chi connectivity index (χ1n) is 10.1. The molecule has 1 aliphatic rings. The van der Waals surface area contributed by atoms with Crippen LogP contribution in [0.3, 0.4) is 0 Å². The molecule has 2 aromatic carbocycles. The van der Waals surface area contributed by atoms with Crippen molar-refractivity contribution in [3.8, 4) is 5.75 Å². The van der Waals surface area contributed by atoms with Crippen molar-refractivity contribution in [1.82, 2.24) is 10.2 Å². The number of carbonyl (C=O) groups excluding carboxylic acids is 1. The van der Waals surface area contributed by atoms with Crippen LogP contribution in [0.25, 0.3) is 0 Å². The maximum absolute atomic E-state index is 11.3. The van der Waals surface area contributed by atoms with Crippen molar-refractivity contribution in [2.45, 2.75) is 38.3 Å². The summed E-state index contributed by atoms with van der Waals surface area (Å²) in [7, 11) is 1.40. The lowest BCUT2D eigenvalue weighted by atomic mass is 10.0. The molecular formula is C23H30N2O3. The van der Waals surface area contributed by atoms with Crippen molar-refractivity contribution < 1.29 is 14.3 Å². The maximum Gasteiger partial charge on any atom is 0.407 e. The number of likely N-dealkylation sites (tertiary alicyclic amines) is 1. The Hall–Kier alpha value is -2.53. The highest BCUT2D eigenvalue weighted by molar-refractivity contribution is 5.67. The van der Waals surface area contributed by atoms with Gasteiger partial charge in [-0.15, -0.1) is 0 Å². The van der Waals surface area contributed by atoms with E-state index >= 15 is 0 Å². The number of ether oxygens (including phenoxy) is 2. The summed E-state index contributed by atoms with van der Waals surface area (Å²) in [4.78, 5) is 13.7. The van der Waals surface area contributed by atoms with Gasteiger partial charge in [0.2, 0.25) is 0 Å². The predicted molar refractivity (Wildman–Crippen MR) is 111 cm³/mol. The highest BCUT2D eigenvalue weighted by atomic mass is 16.5. The van der Waals surface area contributed by atoms with E-state index in [1.54, 1.807) is 0 Å². The number of nitrogens with zero attached hydrogens (tertiary/aromatic N) is 1. The van der Waals surface area contributed by atoms with Crippen LogP contribution < -0.4 is 10.1 Å². The van der Waals surface area contributed by atoms with Gasteiger partial charge in [0.15, 0.2) is 0 Å². The van der Waals surface area contributed by atoms with E-state index in [1.165, 1.54) is 18.2 Å². The summed E-state index contributed by atoms with van der Waals surface area (Å²) in [5.74, 6) is 0.929. The first-order chi connectivity index (χ1) is 13.7. The number of methoxy groups -OCH3 is 1. The summed E-state index contributed by atoms with van der Waals surface area (Å²) in [6.45, 7) is 3.62. The molecule has 150 valence electrons. The first kappa shape index (κ1) is 20.2. The molecular weight excluding hydrogens is 352 g/mol. The van der Waals surface area contributed by atoms with E-state index in [0.29, 0.717) is 0 Å². The molecule has 3 rings (SSSR count). The fourth-order valence-electron chi connectivity index (χ4n) is 3.52. The van der Waals surface area contributed by atoms with Gasteiger partial charge < -0.3 is 14.8 Å². The SMILES string of the molecule is COC(=O)NC1CCN(Cc2ccc(OCCCc3ccccc3)cc2)CC1. The summed E-state index contributed by atoms with van der Waals surface area (Å²) in [5, 5.41) is 2.89. The Morgan fingerprint density at radius 3 is 2.43 bits per heavy atom. The molecule has 0 radical (unpaired) electrons. The summed E-state index contributed by atoms with van der Waals surface area (Å²) in [6.07, 6.45) is 3.63. The van der Waals surface area contributed by atoms with Crippen molar-refractivity contribution in [2.75, 3.05) is 26.8 Å². The molecule has 1 fully saturated rings. The molecule has 1 heterocycles. The van der Waals surface area contributed by atoms with Gasteiger partial charge in [0.1, 0.15) is 5.75 Å². The van der Waals surface area contributed by atoms with Gasteiger partial charge in [-0.3, -0.25) is 4.90 Å². The van der Waals surface area contributed by atoms with Crippen LogP contribution in [0.4, 0.5) is 4.79 Å². The standard InChI is InChI=1S/C23H30N2O3/c1-27-23(26)24-21-13-15-25(16-14-21)18-20-9-11-22(12-10-20)28-17-5-8-19-6-3-2-4-7-19/h2-4,6-7,9-12,21H,5,8,13-18H2,1H3,(H,24,26). The summed E-state index contributed by atoms with van der Waals surface area (Å²) in [6, 6.07) is 19.1. The van der Waals surface area contributed by atoms with Gasteiger partial charge in [-0.25, -0.2) is 4.79 Å². The van der Waals surface area contributed by atoms with Crippen LogP contribution in [0, 0.1) is 0 Å². The van der Waals surface area contributed by atoms with Gasteiger partial charge in [0, 0.05) is 25.7 Å². The second-order valence-corrected chi connectivity index (χ2v) is 7.27. The van der Waals surface area contributed by atoms with Crippen LogP contribution in [0.5, 0.6) is 5.75 Å². The average molecular weight is 383 g/mol. The lowest BCUT2D eigenvalue weighted by Gasteiger charge is -2.32. The number of alkyl carbamates (subject to hydrolysis) is 1. The van der Waals surface area contributed by atoms with Gasteiger partial charge in [0.25, 0.3) is 0 Å². The number of hydrogen-bond donors (Lipinski definition) is 1. The molecule has 0 saturated carbocycles. The summed E-state index contributed by atoms with van der Waals surface area (Å²) in [5.41, 5.74) is 2.64. The zero-order valence-corrected chi connectivity index (χ0v) is 16.6. The highest BCUT2D eigenvalue weighted by Crippen LogP contribution is 2.17. The van der Waals surface area contributed by atoms with E-state index in [1.807, 2.05) is 6.07 Å². The van der Waals surface area contributed by atoms with E-state index < -0.39 is 0 Å². The molecule has 0 spiro atoms.